The van der Waals surface area contributed by atoms with Gasteiger partial charge in [0.1, 0.15) is 19.8 Å². The van der Waals surface area contributed by atoms with Gasteiger partial charge in [-0.2, -0.15) is 0 Å². The van der Waals surface area contributed by atoms with E-state index in [0.29, 0.717) is 134 Å². The summed E-state index contributed by atoms with van der Waals surface area (Å²) in [4.78, 5) is 72.4. The van der Waals surface area contributed by atoms with Crippen molar-refractivity contribution in [2.75, 3.05) is 59.3 Å². The summed E-state index contributed by atoms with van der Waals surface area (Å²) in [5, 5.41) is 10.4. The number of nitrogens with one attached hydrogen (secondary N) is 3. The van der Waals surface area contributed by atoms with Crippen LogP contribution in [0.25, 0.3) is 0 Å². The highest BCUT2D eigenvalue weighted by Gasteiger charge is 2.13. The van der Waals surface area contributed by atoms with Gasteiger partial charge < -0.3 is 44.4 Å². The smallest absolute Gasteiger partial charge is 0.305 e. The summed E-state index contributed by atoms with van der Waals surface area (Å²) in [5.41, 5.74) is 0. The topological polar surface area (TPSA) is 194 Å². The molecule has 0 radical (unpaired) electrons. The minimum absolute atomic E-state index is 0.0316. The molecule has 2 rings (SSSR count). The van der Waals surface area contributed by atoms with Crippen molar-refractivity contribution >= 4 is 35.8 Å². The largest absolute Gasteiger partial charge is 0.466 e. The maximum atomic E-state index is 12.1. The van der Waals surface area contributed by atoms with Crippen LogP contribution in [0.1, 0.15) is 388 Å². The molecule has 2 fully saturated rings. The lowest BCUT2D eigenvalue weighted by Crippen LogP contribution is -2.30. The van der Waals surface area contributed by atoms with Crippen molar-refractivity contribution in [1.29, 1.82) is 0 Å². The van der Waals surface area contributed by atoms with Crippen molar-refractivity contribution in [3.05, 3.63) is 0 Å². The monoisotopic (exact) mass is 1360 g/mol. The van der Waals surface area contributed by atoms with Crippen LogP contribution < -0.4 is 16.0 Å². The highest BCUT2D eigenvalue weighted by Crippen LogP contribution is 2.22. The van der Waals surface area contributed by atoms with Crippen molar-refractivity contribution in [3.8, 4) is 0 Å². The first-order valence-electron chi connectivity index (χ1n) is 40.9. The number of hydrogen-bond acceptors (Lipinski definition) is 15. The summed E-state index contributed by atoms with van der Waals surface area (Å²) >= 11 is 0. The van der Waals surface area contributed by atoms with Crippen LogP contribution in [0, 0.1) is 17.8 Å². The molecule has 2 aliphatic rings. The zero-order chi connectivity index (χ0) is 69.8. The molecule has 96 heavy (non-hydrogen) atoms. The van der Waals surface area contributed by atoms with Gasteiger partial charge in [-0.1, -0.05) is 233 Å². The molecule has 15 heteroatoms. The van der Waals surface area contributed by atoms with Gasteiger partial charge in [0.05, 0.1) is 19.8 Å². The third kappa shape index (κ3) is 66.6. The van der Waals surface area contributed by atoms with E-state index in [1.165, 1.54) is 154 Å². The van der Waals surface area contributed by atoms with Gasteiger partial charge in [-0.25, -0.2) is 0 Å². The van der Waals surface area contributed by atoms with E-state index in [2.05, 4.69) is 57.5 Å². The number of hydrogen-bond donors (Lipinski definition) is 3. The van der Waals surface area contributed by atoms with Crippen molar-refractivity contribution in [2.45, 2.75) is 406 Å². The minimum atomic E-state index is -0.0826. The Kier molecular flexibility index (Phi) is 65.0. The Labute approximate surface area is 589 Å². The Hall–Kier alpha value is -3.30. The third-order valence-corrected chi connectivity index (χ3v) is 19.7. The molecule has 0 bridgehead atoms. The Bertz CT molecular complexity index is 1480. The molecule has 0 aliphatic carbocycles. The van der Waals surface area contributed by atoms with Gasteiger partial charge in [-0.05, 0) is 135 Å². The molecule has 2 saturated heterocycles. The maximum absolute atomic E-state index is 12.1. The summed E-state index contributed by atoms with van der Waals surface area (Å²) in [7, 11) is 0. The number of carbonyl (C=O) groups excluding carboxylic acids is 6. The Morgan fingerprint density at radius 2 is 0.354 bits per heavy atom. The fourth-order valence-corrected chi connectivity index (χ4v) is 13.1. The van der Waals surface area contributed by atoms with Gasteiger partial charge in [0.2, 0.25) is 0 Å². The average Bonchev–Trinajstić information content (AvgIpc) is 3.71. The van der Waals surface area contributed by atoms with Gasteiger partial charge >= 0.3 is 35.8 Å². The molecule has 4 unspecified atom stereocenters. The van der Waals surface area contributed by atoms with Gasteiger partial charge in [-0.3, -0.25) is 28.8 Å². The van der Waals surface area contributed by atoms with E-state index in [4.69, 9.17) is 28.4 Å². The SMILES string of the molecule is CC1CCCCCCCCC(=O)OCCCC(C)CCCCCCCCC(=O)OCCC[C@@H](C)CCCCCCCCC(=O)OCCC1.CC1CCCCCCCCC(=O)OCCNC(C)CCCCCCCCC(=O)OCCN[C@@H](C)CCCCCCCCC(=O)OCCN1. The summed E-state index contributed by atoms with van der Waals surface area (Å²) in [6, 6.07) is 1.26. The third-order valence-electron chi connectivity index (χ3n) is 19.7. The van der Waals surface area contributed by atoms with Crippen LogP contribution in [0.2, 0.25) is 0 Å². The summed E-state index contributed by atoms with van der Waals surface area (Å²) in [6.07, 6.45) is 57.9. The lowest BCUT2D eigenvalue weighted by atomic mass is 9.97. The molecule has 3 N–H and O–H groups in total. The van der Waals surface area contributed by atoms with E-state index in [1.54, 1.807) is 0 Å². The van der Waals surface area contributed by atoms with Crippen molar-refractivity contribution in [2.24, 2.45) is 17.8 Å². The quantitative estimate of drug-likeness (QED) is 0.153. The molecule has 0 aromatic heterocycles. The first-order valence-corrected chi connectivity index (χ1v) is 40.9. The van der Waals surface area contributed by atoms with Crippen LogP contribution in [-0.2, 0) is 57.2 Å². The molecular formula is C81H153N3O12. The second-order valence-electron chi connectivity index (χ2n) is 29.6. The van der Waals surface area contributed by atoms with Crippen molar-refractivity contribution in [1.82, 2.24) is 16.0 Å². The number of carbonyl (C=O) groups is 6. The highest BCUT2D eigenvalue weighted by atomic mass is 16.6. The highest BCUT2D eigenvalue weighted by molar-refractivity contribution is 5.71. The second-order valence-corrected chi connectivity index (χ2v) is 29.6. The van der Waals surface area contributed by atoms with E-state index < -0.39 is 0 Å². The van der Waals surface area contributed by atoms with E-state index >= 15 is 0 Å². The molecule has 0 spiro atoms. The van der Waals surface area contributed by atoms with E-state index in [1.807, 2.05) is 0 Å². The van der Waals surface area contributed by atoms with Crippen LogP contribution in [0.4, 0.5) is 0 Å². The fourth-order valence-electron chi connectivity index (χ4n) is 13.1. The summed E-state index contributed by atoms with van der Waals surface area (Å²) in [6.45, 7) is 18.7. The van der Waals surface area contributed by atoms with Gasteiger partial charge in [0, 0.05) is 76.3 Å². The van der Waals surface area contributed by atoms with E-state index in [-0.39, 0.29) is 35.8 Å². The molecule has 2 heterocycles. The number of rotatable bonds is 0. The Morgan fingerprint density at radius 3 is 0.562 bits per heavy atom. The van der Waals surface area contributed by atoms with Gasteiger partial charge in [-0.15, -0.1) is 0 Å². The first-order chi connectivity index (χ1) is 46.7. The van der Waals surface area contributed by atoms with E-state index in [9.17, 15) is 28.8 Å². The summed E-state index contributed by atoms with van der Waals surface area (Å²) < 4.78 is 32.7. The standard InChI is InChI=1S/C42H78O6.C39H75N3O6/c1-37-25-16-10-4-7-13-19-32-41(44)47-35-23-29-39(3)27-18-12-6-9-15-21-33-42(45)48-36-24-30-38(2)26-17-11-5-8-14-20-31-40(43)46-34-22-28-37;1-34-22-16-10-4-7-13-19-26-38(44)47-32-29-41-36(3)24-18-12-6-9-15-21-27-39(45)48-33-30-42-35(2)23-17-11-5-8-14-20-25-37(43)46-31-28-40-34/h37-39H,4-36H2,1-3H3;34-36,40-42H,4-33H2,1-3H3/t37-,38?,39?;34-,35?,36?/m00/s1. The normalized spacial score (nSPS) is 26.8. The van der Waals surface area contributed by atoms with Crippen molar-refractivity contribution in [3.63, 3.8) is 0 Å². The Balaban J connectivity index is 0.000000960. The zero-order valence-electron chi connectivity index (χ0n) is 63.4. The lowest BCUT2D eigenvalue weighted by molar-refractivity contribution is -0.144. The molecule has 6 atom stereocenters. The van der Waals surface area contributed by atoms with E-state index in [0.717, 1.165) is 154 Å². The molecule has 0 aromatic carbocycles. The summed E-state index contributed by atoms with van der Waals surface area (Å²) in [5.74, 6) is 1.69. The van der Waals surface area contributed by atoms with Crippen LogP contribution in [0.5, 0.6) is 0 Å². The molecular weight excluding hydrogens is 1210 g/mol. The fraction of sp³-hybridized carbons (Fsp3) is 0.926. The van der Waals surface area contributed by atoms with Crippen LogP contribution in [0.3, 0.4) is 0 Å². The number of cyclic esters (lactones) is 6. The van der Waals surface area contributed by atoms with Crippen LogP contribution in [-0.4, -0.2) is 113 Å². The van der Waals surface area contributed by atoms with Crippen molar-refractivity contribution < 1.29 is 57.2 Å². The molecule has 0 amide bonds. The molecule has 0 saturated carbocycles. The predicted molar refractivity (Wildman–Crippen MR) is 395 cm³/mol. The number of ether oxygens (including phenoxy) is 6. The Morgan fingerprint density at radius 1 is 0.198 bits per heavy atom. The minimum Gasteiger partial charge on any atom is -0.466 e. The second kappa shape index (κ2) is 68.8. The lowest BCUT2D eigenvalue weighted by Gasteiger charge is -2.14. The maximum Gasteiger partial charge on any atom is 0.305 e. The van der Waals surface area contributed by atoms with Gasteiger partial charge in [0.15, 0.2) is 0 Å². The average molecular weight is 1360 g/mol. The van der Waals surface area contributed by atoms with Crippen LogP contribution in [0.15, 0.2) is 0 Å². The first kappa shape index (κ1) is 90.7. The molecule has 0 aromatic rings. The number of esters is 6. The molecule has 2 aliphatic heterocycles. The zero-order valence-corrected chi connectivity index (χ0v) is 63.4. The molecule has 15 nitrogen and oxygen atoms in total. The van der Waals surface area contributed by atoms with Gasteiger partial charge in [0.25, 0.3) is 0 Å². The molecule has 564 valence electrons. The predicted octanol–water partition coefficient (Wildman–Crippen LogP) is 20.2. The van der Waals surface area contributed by atoms with Crippen LogP contribution >= 0.6 is 0 Å².